The van der Waals surface area contributed by atoms with E-state index in [0.717, 1.165) is 0 Å². The summed E-state index contributed by atoms with van der Waals surface area (Å²) >= 11 is 0. The molecule has 3 aliphatic carbocycles. The fraction of sp³-hybridized carbons (Fsp3) is 0.600. The van der Waals surface area contributed by atoms with Crippen LogP contribution >= 0.6 is 0 Å². The highest BCUT2D eigenvalue weighted by Gasteiger charge is 2.58. The predicted molar refractivity (Wildman–Crippen MR) is 94.0 cm³/mol. The average molecular weight is 342 g/mol. The maximum absolute atomic E-state index is 12.3. The molecule has 1 amide bonds. The van der Waals surface area contributed by atoms with E-state index in [4.69, 9.17) is 5.73 Å². The van der Waals surface area contributed by atoms with Crippen LogP contribution in [0.3, 0.4) is 0 Å². The summed E-state index contributed by atoms with van der Waals surface area (Å²) in [4.78, 5) is 36.6. The van der Waals surface area contributed by atoms with Crippen molar-refractivity contribution in [3.05, 3.63) is 23.3 Å². The Balaban J connectivity index is 0.00000109. The Labute approximate surface area is 148 Å². The Bertz CT molecular complexity index is 728. The number of primary amides is 1. The summed E-state index contributed by atoms with van der Waals surface area (Å²) in [6.07, 6.45) is 5.21. The Morgan fingerprint density at radius 3 is 2.52 bits per heavy atom. The topological polar surface area (TPSA) is 101 Å². The zero-order valence-electron chi connectivity index (χ0n) is 15.4. The van der Waals surface area contributed by atoms with E-state index < -0.39 is 16.7 Å². The summed E-state index contributed by atoms with van der Waals surface area (Å²) in [5, 5.41) is 9.29. The van der Waals surface area contributed by atoms with Crippen molar-refractivity contribution in [1.29, 1.82) is 5.26 Å². The van der Waals surface area contributed by atoms with Crippen molar-refractivity contribution < 1.29 is 14.4 Å². The van der Waals surface area contributed by atoms with Crippen LogP contribution < -0.4 is 5.73 Å². The molecule has 0 aromatic rings. The smallest absolute Gasteiger partial charge is 0.227 e. The third kappa shape index (κ3) is 2.64. The molecule has 0 aromatic carbocycles. The first-order valence-corrected chi connectivity index (χ1v) is 8.99. The molecule has 4 unspecified atom stereocenters. The number of fused-ring (bicyclic) bond motifs is 3. The molecule has 0 heterocycles. The van der Waals surface area contributed by atoms with Crippen molar-refractivity contribution in [2.45, 2.75) is 53.4 Å². The van der Waals surface area contributed by atoms with Gasteiger partial charge in [0.15, 0.2) is 11.6 Å². The second-order valence-electron chi connectivity index (χ2n) is 7.22. The van der Waals surface area contributed by atoms with Gasteiger partial charge in [0.25, 0.3) is 0 Å². The standard InChI is InChI=1S/C18H20N2O3.C2H6/c1-10-13-4-6-18(16(20)23)5-3-12(21)7-14(18)17(13,2)8-11(9-19)15(10)22;1-2/h7-8,10,13H,3-6H2,1-2H3,(H2,20,23);1-2H3. The van der Waals surface area contributed by atoms with E-state index in [-0.39, 0.29) is 29.0 Å². The molecule has 0 spiro atoms. The van der Waals surface area contributed by atoms with Crippen molar-refractivity contribution in [2.24, 2.45) is 28.4 Å². The summed E-state index contributed by atoms with van der Waals surface area (Å²) in [7, 11) is 0. The summed E-state index contributed by atoms with van der Waals surface area (Å²) in [6.45, 7) is 7.76. The highest BCUT2D eigenvalue weighted by Crippen LogP contribution is 2.61. The first-order valence-electron chi connectivity index (χ1n) is 8.99. The Morgan fingerprint density at radius 1 is 1.32 bits per heavy atom. The van der Waals surface area contributed by atoms with E-state index in [0.29, 0.717) is 31.3 Å². The van der Waals surface area contributed by atoms with E-state index in [9.17, 15) is 19.6 Å². The average Bonchev–Trinajstić information content (AvgIpc) is 2.60. The van der Waals surface area contributed by atoms with E-state index >= 15 is 0 Å². The molecule has 1 saturated carbocycles. The zero-order chi connectivity index (χ0) is 19.0. The number of hydrogen-bond acceptors (Lipinski definition) is 4. The van der Waals surface area contributed by atoms with Gasteiger partial charge < -0.3 is 5.73 Å². The number of carbonyl (C=O) groups is 3. The molecule has 2 N–H and O–H groups in total. The van der Waals surface area contributed by atoms with Crippen LogP contribution in [0.5, 0.6) is 0 Å². The minimum Gasteiger partial charge on any atom is -0.369 e. The number of allylic oxidation sites excluding steroid dienone is 3. The summed E-state index contributed by atoms with van der Waals surface area (Å²) in [5.41, 5.74) is 5.08. The van der Waals surface area contributed by atoms with Gasteiger partial charge in [-0.1, -0.05) is 33.8 Å². The molecule has 25 heavy (non-hydrogen) atoms. The van der Waals surface area contributed by atoms with Gasteiger partial charge in [0, 0.05) is 17.8 Å². The number of rotatable bonds is 1. The van der Waals surface area contributed by atoms with Crippen molar-refractivity contribution in [2.75, 3.05) is 0 Å². The van der Waals surface area contributed by atoms with Crippen LogP contribution in [-0.2, 0) is 14.4 Å². The number of Topliss-reactive ketones (excluding diaryl/α,β-unsaturated/α-hetero) is 1. The van der Waals surface area contributed by atoms with Crippen LogP contribution in [-0.4, -0.2) is 17.5 Å². The van der Waals surface area contributed by atoms with Gasteiger partial charge in [-0.25, -0.2) is 0 Å². The van der Waals surface area contributed by atoms with Gasteiger partial charge in [-0.05, 0) is 36.8 Å². The summed E-state index contributed by atoms with van der Waals surface area (Å²) in [5.74, 6) is -0.896. The molecule has 0 aromatic heterocycles. The normalized spacial score (nSPS) is 36.6. The number of amides is 1. The fourth-order valence-electron chi connectivity index (χ4n) is 4.89. The maximum atomic E-state index is 12.3. The number of nitrogens with zero attached hydrogens (tertiary/aromatic N) is 1. The van der Waals surface area contributed by atoms with Gasteiger partial charge in [-0.3, -0.25) is 14.4 Å². The van der Waals surface area contributed by atoms with E-state index in [1.807, 2.05) is 33.8 Å². The molecule has 3 rings (SSSR count). The number of hydrogen-bond donors (Lipinski definition) is 1. The van der Waals surface area contributed by atoms with Crippen LogP contribution in [0, 0.1) is 34.0 Å². The molecule has 0 saturated heterocycles. The third-order valence-electron chi connectivity index (χ3n) is 6.17. The van der Waals surface area contributed by atoms with E-state index in [1.165, 1.54) is 0 Å². The number of ketones is 2. The van der Waals surface area contributed by atoms with Crippen LogP contribution in [0.4, 0.5) is 0 Å². The van der Waals surface area contributed by atoms with E-state index in [1.54, 1.807) is 12.2 Å². The molecule has 1 fully saturated rings. The molecule has 134 valence electrons. The highest BCUT2D eigenvalue weighted by molar-refractivity contribution is 6.03. The lowest BCUT2D eigenvalue weighted by Crippen LogP contribution is -2.54. The number of carbonyl (C=O) groups excluding carboxylic acids is 3. The molecule has 0 bridgehead atoms. The van der Waals surface area contributed by atoms with Gasteiger partial charge in [0.05, 0.1) is 11.0 Å². The van der Waals surface area contributed by atoms with Gasteiger partial charge in [-0.15, -0.1) is 0 Å². The summed E-state index contributed by atoms with van der Waals surface area (Å²) < 4.78 is 0. The van der Waals surface area contributed by atoms with Crippen LogP contribution in [0.15, 0.2) is 23.3 Å². The first kappa shape index (κ1) is 19.1. The van der Waals surface area contributed by atoms with Gasteiger partial charge in [-0.2, -0.15) is 5.26 Å². The molecule has 4 atom stereocenters. The van der Waals surface area contributed by atoms with Gasteiger partial charge in [0.2, 0.25) is 5.91 Å². The fourth-order valence-corrected chi connectivity index (χ4v) is 4.89. The van der Waals surface area contributed by atoms with Gasteiger partial charge >= 0.3 is 0 Å². The van der Waals surface area contributed by atoms with Gasteiger partial charge in [0.1, 0.15) is 6.07 Å². The van der Waals surface area contributed by atoms with Crippen LogP contribution in [0.25, 0.3) is 0 Å². The number of nitrogens with two attached hydrogens (primary N) is 1. The Morgan fingerprint density at radius 2 is 1.96 bits per heavy atom. The van der Waals surface area contributed by atoms with Crippen molar-refractivity contribution in [3.63, 3.8) is 0 Å². The molecule has 5 nitrogen and oxygen atoms in total. The lowest BCUT2D eigenvalue weighted by Gasteiger charge is -2.54. The quantitative estimate of drug-likeness (QED) is 0.791. The summed E-state index contributed by atoms with van der Waals surface area (Å²) in [6, 6.07) is 1.97. The first-order chi connectivity index (χ1) is 11.8. The molecular formula is C20H26N2O3. The largest absolute Gasteiger partial charge is 0.369 e. The Hall–Kier alpha value is -2.22. The molecule has 3 aliphatic rings. The lowest BCUT2D eigenvalue weighted by atomic mass is 9.47. The van der Waals surface area contributed by atoms with Crippen molar-refractivity contribution >= 4 is 17.5 Å². The monoisotopic (exact) mass is 342 g/mol. The van der Waals surface area contributed by atoms with Crippen LogP contribution in [0.2, 0.25) is 0 Å². The highest BCUT2D eigenvalue weighted by atomic mass is 16.1. The van der Waals surface area contributed by atoms with Crippen LogP contribution in [0.1, 0.15) is 53.4 Å². The minimum atomic E-state index is -0.823. The minimum absolute atomic E-state index is 0.0169. The second kappa shape index (κ2) is 6.59. The Kier molecular flexibility index (Phi) is 5.04. The van der Waals surface area contributed by atoms with E-state index in [2.05, 4.69) is 0 Å². The third-order valence-corrected chi connectivity index (χ3v) is 6.17. The lowest BCUT2D eigenvalue weighted by molar-refractivity contribution is -0.131. The molecular weight excluding hydrogens is 316 g/mol. The van der Waals surface area contributed by atoms with Crippen molar-refractivity contribution in [3.8, 4) is 6.07 Å². The second-order valence-corrected chi connectivity index (χ2v) is 7.22. The SMILES string of the molecule is CC.CC1C(=O)C(C#N)=CC2(C)C3=CC(=O)CCC3(C(N)=O)CCC12. The number of nitriles is 1. The zero-order valence-corrected chi connectivity index (χ0v) is 15.4. The molecule has 0 aliphatic heterocycles. The predicted octanol–water partition coefficient (Wildman–Crippen LogP) is 2.86. The molecule has 0 radical (unpaired) electrons. The molecule has 5 heteroatoms. The van der Waals surface area contributed by atoms with Crippen molar-refractivity contribution in [1.82, 2.24) is 0 Å². The maximum Gasteiger partial charge on any atom is 0.227 e.